The molecular weight excluding hydrogens is 415 g/mol. The van der Waals surface area contributed by atoms with Crippen molar-refractivity contribution in [2.24, 2.45) is 0 Å². The quantitative estimate of drug-likeness (QED) is 0.222. The second kappa shape index (κ2) is 8.32. The first-order chi connectivity index (χ1) is 16.4. The van der Waals surface area contributed by atoms with Crippen molar-refractivity contribution < 1.29 is 0 Å². The van der Waals surface area contributed by atoms with E-state index in [1.807, 2.05) is 0 Å². The van der Waals surface area contributed by atoms with Gasteiger partial charge in [0.1, 0.15) is 0 Å². The topological polar surface area (TPSA) is 0 Å². The van der Waals surface area contributed by atoms with E-state index in [1.165, 1.54) is 42.8 Å². The molecule has 0 radical (unpaired) electrons. The van der Waals surface area contributed by atoms with Crippen LogP contribution in [0.15, 0.2) is 146 Å². The summed E-state index contributed by atoms with van der Waals surface area (Å²) in [4.78, 5) is 0. The fourth-order valence-electron chi connectivity index (χ4n) is 5.42. The molecule has 6 aromatic rings. The van der Waals surface area contributed by atoms with E-state index in [2.05, 4.69) is 146 Å². The van der Waals surface area contributed by atoms with Gasteiger partial charge in [-0.1, -0.05) is 0 Å². The van der Waals surface area contributed by atoms with Crippen LogP contribution in [0.1, 0.15) is 0 Å². The van der Waals surface area contributed by atoms with Crippen LogP contribution in [0.5, 0.6) is 0 Å². The van der Waals surface area contributed by atoms with Gasteiger partial charge in [0.2, 0.25) is 0 Å². The summed E-state index contributed by atoms with van der Waals surface area (Å²) in [5.41, 5.74) is 0. The molecule has 1 heteroatoms. The van der Waals surface area contributed by atoms with Gasteiger partial charge in [0, 0.05) is 0 Å². The number of hydrogen-bond acceptors (Lipinski definition) is 0. The first-order valence-electron chi connectivity index (χ1n) is 11.5. The molecule has 0 aromatic heterocycles. The van der Waals surface area contributed by atoms with Gasteiger partial charge in [-0.2, -0.15) is 0 Å². The van der Waals surface area contributed by atoms with E-state index in [1.54, 1.807) is 0 Å². The summed E-state index contributed by atoms with van der Waals surface area (Å²) in [6.07, 6.45) is 0. The van der Waals surface area contributed by atoms with E-state index in [4.69, 9.17) is 0 Å². The summed E-state index contributed by atoms with van der Waals surface area (Å²) in [6.45, 7) is 0. The molecule has 0 unspecified atom stereocenters. The van der Waals surface area contributed by atoms with E-state index < -0.39 is 7.26 Å². The molecule has 158 valence electrons. The molecule has 0 saturated heterocycles. The van der Waals surface area contributed by atoms with Gasteiger partial charge in [-0.25, -0.2) is 0 Å². The van der Waals surface area contributed by atoms with Gasteiger partial charge in [-0.05, 0) is 0 Å². The molecule has 33 heavy (non-hydrogen) atoms. The molecule has 0 aliphatic rings. The molecule has 0 atom stereocenters. The van der Waals surface area contributed by atoms with Crippen LogP contribution in [0.4, 0.5) is 0 Å². The van der Waals surface area contributed by atoms with Crippen molar-refractivity contribution in [3.05, 3.63) is 146 Å². The van der Waals surface area contributed by atoms with Crippen LogP contribution in [-0.2, 0) is 0 Å². The second-order valence-corrected chi connectivity index (χ2v) is 12.3. The van der Waals surface area contributed by atoms with E-state index >= 15 is 0 Å². The van der Waals surface area contributed by atoms with Crippen molar-refractivity contribution in [2.75, 3.05) is 0 Å². The maximum absolute atomic E-state index is 2.63. The molecule has 0 spiro atoms. The van der Waals surface area contributed by atoms with Gasteiger partial charge < -0.3 is 0 Å². The molecule has 0 aliphatic carbocycles. The summed E-state index contributed by atoms with van der Waals surface area (Å²) in [5, 5.41) is 11.0. The zero-order chi connectivity index (χ0) is 22.1. The van der Waals surface area contributed by atoms with Crippen LogP contribution in [0.3, 0.4) is 0 Å². The minimum absolute atomic E-state index is 1.30. The average Bonchev–Trinajstić information content (AvgIpc) is 2.90. The minimum atomic E-state index is -2.63. The molecule has 0 saturated carbocycles. The van der Waals surface area contributed by atoms with Crippen LogP contribution in [0.2, 0.25) is 0 Å². The summed E-state index contributed by atoms with van der Waals surface area (Å²) in [6, 6.07) is 53.7. The molecule has 0 N–H and O–H groups in total. The molecule has 0 heterocycles. The Morgan fingerprint density at radius 2 is 0.667 bits per heavy atom. The summed E-state index contributed by atoms with van der Waals surface area (Å²) >= 11 is 0. The van der Waals surface area contributed by atoms with Gasteiger partial charge in [-0.3, -0.25) is 0 Å². The summed E-state index contributed by atoms with van der Waals surface area (Å²) < 4.78 is 0. The van der Waals surface area contributed by atoms with Gasteiger partial charge in [0.15, 0.2) is 0 Å². The van der Waals surface area contributed by atoms with Gasteiger partial charge >= 0.3 is 196 Å². The van der Waals surface area contributed by atoms with Gasteiger partial charge in [0.25, 0.3) is 0 Å². The fourth-order valence-corrected chi connectivity index (χ4v) is 10.6. The SMILES string of the molecule is c1ccc([PH](c2ccccc2)(c2ccccc2)c2c3ccccc3cc3ccccc23)cc1. The van der Waals surface area contributed by atoms with Gasteiger partial charge in [-0.15, -0.1) is 0 Å². The van der Waals surface area contributed by atoms with E-state index in [0.29, 0.717) is 0 Å². The monoisotopic (exact) mass is 440 g/mol. The Kier molecular flexibility index (Phi) is 5.02. The van der Waals surface area contributed by atoms with E-state index in [-0.39, 0.29) is 0 Å². The Bertz CT molecular complexity index is 1390. The molecule has 0 amide bonds. The van der Waals surface area contributed by atoms with Crippen LogP contribution in [0, 0.1) is 0 Å². The van der Waals surface area contributed by atoms with Crippen molar-refractivity contribution in [1.82, 2.24) is 0 Å². The van der Waals surface area contributed by atoms with Crippen LogP contribution < -0.4 is 21.2 Å². The Morgan fingerprint density at radius 1 is 0.333 bits per heavy atom. The predicted octanol–water partition coefficient (Wildman–Crippen LogP) is 6.34. The average molecular weight is 441 g/mol. The number of hydrogen-bond donors (Lipinski definition) is 0. The third-order valence-electron chi connectivity index (χ3n) is 6.77. The number of rotatable bonds is 4. The van der Waals surface area contributed by atoms with Crippen LogP contribution in [-0.4, -0.2) is 0 Å². The first-order valence-corrected chi connectivity index (χ1v) is 13.5. The molecule has 0 bridgehead atoms. The zero-order valence-corrected chi connectivity index (χ0v) is 19.4. The Hall–Kier alpha value is -3.73. The summed E-state index contributed by atoms with van der Waals surface area (Å²) in [5.74, 6) is 0. The van der Waals surface area contributed by atoms with E-state index in [9.17, 15) is 0 Å². The molecular formula is C32H25P. The Morgan fingerprint density at radius 3 is 1.06 bits per heavy atom. The van der Waals surface area contributed by atoms with Gasteiger partial charge in [0.05, 0.1) is 0 Å². The van der Waals surface area contributed by atoms with Crippen molar-refractivity contribution >= 4 is 50.0 Å². The molecule has 0 fully saturated rings. The Balaban J connectivity index is 1.91. The van der Waals surface area contributed by atoms with Crippen molar-refractivity contribution in [3.63, 3.8) is 0 Å². The maximum atomic E-state index is 2.34. The number of benzene rings is 6. The zero-order valence-electron chi connectivity index (χ0n) is 18.4. The Labute approximate surface area is 195 Å². The second-order valence-electron chi connectivity index (χ2n) is 8.54. The standard InChI is InChI=1S/C32H25P/c1-4-16-27(17-5-1)33(28-18-6-2-7-19-28,29-20-8-3-9-21-29)32-30-22-12-10-14-25(30)24-26-15-11-13-23-31(26)32/h1-24,33H. The molecule has 6 aromatic carbocycles. The normalized spacial score (nSPS) is 12.1. The molecule has 6 rings (SSSR count). The van der Waals surface area contributed by atoms with Crippen LogP contribution in [0.25, 0.3) is 21.5 Å². The molecule has 0 aliphatic heterocycles. The third-order valence-corrected chi connectivity index (χ3v) is 11.7. The fraction of sp³-hybridized carbons (Fsp3) is 0. The predicted molar refractivity (Wildman–Crippen MR) is 148 cm³/mol. The van der Waals surface area contributed by atoms with Crippen LogP contribution >= 0.6 is 7.26 Å². The third kappa shape index (κ3) is 3.18. The van der Waals surface area contributed by atoms with E-state index in [0.717, 1.165) is 0 Å². The summed E-state index contributed by atoms with van der Waals surface area (Å²) in [7, 11) is -2.63. The van der Waals surface area contributed by atoms with Crippen molar-refractivity contribution in [3.8, 4) is 0 Å². The number of fused-ring (bicyclic) bond motifs is 2. The first kappa shape index (κ1) is 19.9. The van der Waals surface area contributed by atoms with Crippen molar-refractivity contribution in [1.29, 1.82) is 0 Å². The van der Waals surface area contributed by atoms with Crippen molar-refractivity contribution in [2.45, 2.75) is 0 Å². The molecule has 0 nitrogen and oxygen atoms in total.